The number of alkyl halides is 3. The van der Waals surface area contributed by atoms with Gasteiger partial charge in [-0.05, 0) is 37.1 Å². The van der Waals surface area contributed by atoms with Crippen LogP contribution in [0.5, 0.6) is 0 Å². The zero-order chi connectivity index (χ0) is 15.3. The van der Waals surface area contributed by atoms with Gasteiger partial charge in [0, 0.05) is 6.54 Å². The predicted octanol–water partition coefficient (Wildman–Crippen LogP) is 4.35. The van der Waals surface area contributed by atoms with Crippen LogP contribution in [0.2, 0.25) is 0 Å². The summed E-state index contributed by atoms with van der Waals surface area (Å²) >= 11 is 0. The summed E-state index contributed by atoms with van der Waals surface area (Å²) in [5, 5.41) is 3.25. The highest BCUT2D eigenvalue weighted by molar-refractivity contribution is 5.26. The third-order valence-corrected chi connectivity index (χ3v) is 3.29. The quantitative estimate of drug-likeness (QED) is 0.808. The molecule has 0 aliphatic heterocycles. The first-order chi connectivity index (χ1) is 9.95. The highest BCUT2D eigenvalue weighted by Crippen LogP contribution is 2.29. The van der Waals surface area contributed by atoms with Crippen LogP contribution < -0.4 is 5.32 Å². The van der Waals surface area contributed by atoms with Gasteiger partial charge in [0.15, 0.2) is 0 Å². The highest BCUT2D eigenvalue weighted by Gasteiger charge is 2.30. The second-order valence-corrected chi connectivity index (χ2v) is 5.11. The molecule has 0 radical (unpaired) electrons. The minimum absolute atomic E-state index is 0.579. The van der Waals surface area contributed by atoms with Crippen molar-refractivity contribution in [2.24, 2.45) is 0 Å². The molecule has 2 aromatic carbocycles. The van der Waals surface area contributed by atoms with E-state index in [4.69, 9.17) is 0 Å². The van der Waals surface area contributed by atoms with Crippen molar-refractivity contribution in [2.75, 3.05) is 6.54 Å². The number of rotatable bonds is 5. The molecule has 0 amide bonds. The van der Waals surface area contributed by atoms with E-state index in [-0.39, 0.29) is 0 Å². The lowest BCUT2D eigenvalue weighted by atomic mass is 10.1. The van der Waals surface area contributed by atoms with Gasteiger partial charge in [0.05, 0.1) is 5.56 Å². The molecule has 4 heteroatoms. The Balaban J connectivity index is 1.82. The van der Waals surface area contributed by atoms with Crippen LogP contribution >= 0.6 is 0 Å². The Hall–Kier alpha value is -1.81. The topological polar surface area (TPSA) is 12.0 Å². The van der Waals surface area contributed by atoms with Gasteiger partial charge in [-0.1, -0.05) is 48.0 Å². The van der Waals surface area contributed by atoms with Crippen LogP contribution in [0, 0.1) is 6.92 Å². The average molecular weight is 293 g/mol. The molecule has 0 fully saturated rings. The fourth-order valence-corrected chi connectivity index (χ4v) is 2.07. The molecule has 0 aliphatic carbocycles. The lowest BCUT2D eigenvalue weighted by molar-refractivity contribution is -0.137. The Morgan fingerprint density at radius 2 is 1.67 bits per heavy atom. The maximum absolute atomic E-state index is 12.6. The fraction of sp³-hybridized carbons (Fsp3) is 0.294. The highest BCUT2D eigenvalue weighted by atomic mass is 19.4. The summed E-state index contributed by atoms with van der Waals surface area (Å²) in [5.74, 6) is 0. The van der Waals surface area contributed by atoms with Crippen LogP contribution in [-0.4, -0.2) is 6.54 Å². The number of halogens is 3. The van der Waals surface area contributed by atoms with Gasteiger partial charge in [0.2, 0.25) is 0 Å². The monoisotopic (exact) mass is 293 g/mol. The second-order valence-electron chi connectivity index (χ2n) is 5.11. The fourth-order valence-electron chi connectivity index (χ4n) is 2.07. The Morgan fingerprint density at radius 3 is 2.33 bits per heavy atom. The number of hydrogen-bond acceptors (Lipinski definition) is 1. The largest absolute Gasteiger partial charge is 0.416 e. The normalized spacial score (nSPS) is 11.6. The Bertz CT molecular complexity index is 573. The molecular formula is C17H18F3N. The predicted molar refractivity (Wildman–Crippen MR) is 78.0 cm³/mol. The van der Waals surface area contributed by atoms with Crippen molar-refractivity contribution in [3.8, 4) is 0 Å². The summed E-state index contributed by atoms with van der Waals surface area (Å²) in [5.41, 5.74) is 2.49. The first kappa shape index (κ1) is 15.6. The smallest absolute Gasteiger partial charge is 0.312 e. The average Bonchev–Trinajstić information content (AvgIpc) is 2.45. The Morgan fingerprint density at radius 1 is 0.952 bits per heavy atom. The van der Waals surface area contributed by atoms with Gasteiger partial charge in [-0.3, -0.25) is 0 Å². The van der Waals surface area contributed by atoms with Crippen LogP contribution in [0.25, 0.3) is 0 Å². The molecule has 21 heavy (non-hydrogen) atoms. The van der Waals surface area contributed by atoms with E-state index in [0.717, 1.165) is 12.6 Å². The van der Waals surface area contributed by atoms with Gasteiger partial charge >= 0.3 is 6.18 Å². The molecule has 0 heterocycles. The van der Waals surface area contributed by atoms with Crippen LogP contribution in [0.15, 0.2) is 48.5 Å². The number of nitrogens with one attached hydrogen (secondary N) is 1. The van der Waals surface area contributed by atoms with E-state index in [2.05, 4.69) is 5.32 Å². The van der Waals surface area contributed by atoms with E-state index in [1.165, 1.54) is 23.3 Å². The van der Waals surface area contributed by atoms with Crippen LogP contribution in [-0.2, 0) is 19.1 Å². The molecule has 112 valence electrons. The van der Waals surface area contributed by atoms with Crippen LogP contribution in [0.1, 0.15) is 22.3 Å². The third-order valence-electron chi connectivity index (χ3n) is 3.29. The minimum Gasteiger partial charge on any atom is -0.312 e. The Labute approximate surface area is 122 Å². The lowest BCUT2D eigenvalue weighted by Gasteiger charge is -2.09. The van der Waals surface area contributed by atoms with E-state index >= 15 is 0 Å². The van der Waals surface area contributed by atoms with E-state index in [1.54, 1.807) is 6.07 Å². The molecule has 0 aromatic heterocycles. The molecule has 0 saturated carbocycles. The third kappa shape index (κ3) is 4.90. The summed E-state index contributed by atoms with van der Waals surface area (Å²) in [4.78, 5) is 0. The summed E-state index contributed by atoms with van der Waals surface area (Å²) in [6.07, 6.45) is -3.69. The summed E-state index contributed by atoms with van der Waals surface area (Å²) in [6, 6.07) is 13.7. The van der Waals surface area contributed by atoms with Crippen molar-refractivity contribution < 1.29 is 13.2 Å². The second kappa shape index (κ2) is 6.76. The van der Waals surface area contributed by atoms with E-state index in [9.17, 15) is 13.2 Å². The molecule has 0 bridgehead atoms. The molecular weight excluding hydrogens is 275 g/mol. The number of aryl methyl sites for hydroxylation is 1. The summed E-state index contributed by atoms with van der Waals surface area (Å²) in [6.45, 7) is 3.40. The lowest BCUT2D eigenvalue weighted by Crippen LogP contribution is -2.17. The van der Waals surface area contributed by atoms with Crippen molar-refractivity contribution in [2.45, 2.75) is 26.1 Å². The number of hydrogen-bond donors (Lipinski definition) is 1. The standard InChI is InChI=1S/C17H18F3N/c1-13-5-7-15(8-6-13)12-21-10-9-14-3-2-4-16(11-14)17(18,19)20/h2-8,11,21H,9-10,12H2,1H3. The van der Waals surface area contributed by atoms with Gasteiger partial charge < -0.3 is 5.32 Å². The molecule has 0 saturated heterocycles. The van der Waals surface area contributed by atoms with Gasteiger partial charge in [-0.25, -0.2) is 0 Å². The van der Waals surface area contributed by atoms with Gasteiger partial charge in [0.25, 0.3) is 0 Å². The molecule has 2 aromatic rings. The summed E-state index contributed by atoms with van der Waals surface area (Å²) < 4.78 is 37.8. The van der Waals surface area contributed by atoms with Crippen molar-refractivity contribution in [1.29, 1.82) is 0 Å². The first-order valence-electron chi connectivity index (χ1n) is 6.87. The maximum atomic E-state index is 12.6. The van der Waals surface area contributed by atoms with Crippen molar-refractivity contribution >= 4 is 0 Å². The first-order valence-corrected chi connectivity index (χ1v) is 6.87. The Kier molecular flexibility index (Phi) is 5.02. The van der Waals surface area contributed by atoms with Gasteiger partial charge in [0.1, 0.15) is 0 Å². The summed E-state index contributed by atoms with van der Waals surface area (Å²) in [7, 11) is 0. The molecule has 0 atom stereocenters. The van der Waals surface area contributed by atoms with Crippen molar-refractivity contribution in [3.05, 3.63) is 70.8 Å². The van der Waals surface area contributed by atoms with Crippen LogP contribution in [0.3, 0.4) is 0 Å². The molecule has 0 spiro atoms. The van der Waals surface area contributed by atoms with Crippen molar-refractivity contribution in [3.63, 3.8) is 0 Å². The minimum atomic E-state index is -4.27. The zero-order valence-corrected chi connectivity index (χ0v) is 11.9. The SMILES string of the molecule is Cc1ccc(CNCCc2cccc(C(F)(F)F)c2)cc1. The van der Waals surface area contributed by atoms with Crippen LogP contribution in [0.4, 0.5) is 13.2 Å². The zero-order valence-electron chi connectivity index (χ0n) is 11.9. The number of benzene rings is 2. The maximum Gasteiger partial charge on any atom is 0.416 e. The van der Waals surface area contributed by atoms with E-state index in [0.29, 0.717) is 18.5 Å². The molecule has 0 aliphatic rings. The van der Waals surface area contributed by atoms with E-state index < -0.39 is 11.7 Å². The molecule has 2 rings (SSSR count). The molecule has 1 nitrogen and oxygen atoms in total. The van der Waals surface area contributed by atoms with E-state index in [1.807, 2.05) is 31.2 Å². The van der Waals surface area contributed by atoms with Crippen molar-refractivity contribution in [1.82, 2.24) is 5.32 Å². The van der Waals surface area contributed by atoms with Gasteiger partial charge in [-0.15, -0.1) is 0 Å². The van der Waals surface area contributed by atoms with Gasteiger partial charge in [-0.2, -0.15) is 13.2 Å². The molecule has 0 unspecified atom stereocenters. The molecule has 1 N–H and O–H groups in total.